The summed E-state index contributed by atoms with van der Waals surface area (Å²) in [5.41, 5.74) is 6.21. The van der Waals surface area contributed by atoms with E-state index < -0.39 is 35.4 Å². The van der Waals surface area contributed by atoms with Gasteiger partial charge in [0.25, 0.3) is 35.4 Å². The Bertz CT molecular complexity index is 4870. The number of rotatable bonds is 76. The van der Waals surface area contributed by atoms with E-state index in [9.17, 15) is 9.59 Å². The van der Waals surface area contributed by atoms with Crippen molar-refractivity contribution in [3.63, 3.8) is 0 Å². The fourth-order valence-corrected chi connectivity index (χ4v) is 13.8. The molecule has 0 saturated carbocycles. The van der Waals surface area contributed by atoms with Gasteiger partial charge in [-0.25, -0.2) is 0 Å². The van der Waals surface area contributed by atoms with Gasteiger partial charge in [0, 0.05) is 52.7 Å². The van der Waals surface area contributed by atoms with Crippen molar-refractivity contribution in [2.75, 3.05) is 295 Å². The largest absolute Gasteiger partial charge is 0.497 e. The number of amides is 6. The molecule has 6 amide bonds. The molecular weight excluding hydrogens is 1810 g/mol. The molecule has 0 fully saturated rings. The number of nitrogens with one attached hydrogen (secondary N) is 6. The fourth-order valence-electron chi connectivity index (χ4n) is 13.8. The number of unbranched alkanes of at least 4 members (excludes halogenated alkanes) is 10. The van der Waals surface area contributed by atoms with Crippen LogP contribution in [0.15, 0.2) is 91.0 Å². The number of nitrogen functional groups attached to an aromatic ring is 1. The molecular formula is C100H141N7O32. The highest BCUT2D eigenvalue weighted by Gasteiger charge is 2.31. The highest BCUT2D eigenvalue weighted by Crippen LogP contribution is 2.46. The molecule has 8 N–H and O–H groups in total. The van der Waals surface area contributed by atoms with Crippen LogP contribution in [-0.4, -0.2) is 293 Å². The summed E-state index contributed by atoms with van der Waals surface area (Å²) in [5.74, 6) is -3.85. The van der Waals surface area contributed by atoms with Crippen LogP contribution >= 0.6 is 0 Å². The molecule has 0 unspecified atom stereocenters. The van der Waals surface area contributed by atoms with Crippen LogP contribution in [-0.2, 0) is 56.8 Å². The number of carbonyl (C=O) groups is 6. The molecule has 139 heavy (non-hydrogen) atoms. The summed E-state index contributed by atoms with van der Waals surface area (Å²) in [5, 5.41) is 17.5. The van der Waals surface area contributed by atoms with Gasteiger partial charge in [-0.2, -0.15) is 0 Å². The molecule has 39 heteroatoms. The van der Waals surface area contributed by atoms with Crippen molar-refractivity contribution in [3.05, 3.63) is 124 Å². The van der Waals surface area contributed by atoms with Crippen LogP contribution in [0.1, 0.15) is 153 Å². The van der Waals surface area contributed by atoms with E-state index in [1.165, 1.54) is 124 Å². The minimum atomic E-state index is -0.854. The van der Waals surface area contributed by atoms with Crippen molar-refractivity contribution in [2.45, 2.75) is 90.9 Å². The van der Waals surface area contributed by atoms with Crippen LogP contribution in [0.2, 0.25) is 0 Å². The quantitative estimate of drug-likeness (QED) is 0.0137. The van der Waals surface area contributed by atoms with Gasteiger partial charge in [0.1, 0.15) is 72.4 Å². The molecule has 0 atom stereocenters. The number of hydrogen-bond acceptors (Lipinski definition) is 33. The minimum absolute atomic E-state index is 0.00255. The van der Waals surface area contributed by atoms with Gasteiger partial charge in [-0.15, -0.1) is 0 Å². The average Bonchev–Trinajstić information content (AvgIpc) is 0.795. The molecule has 0 heterocycles. The predicted octanol–water partition coefficient (Wildman–Crippen LogP) is 14.6. The third-order valence-electron chi connectivity index (χ3n) is 20.9. The standard InChI is InChI=1S/C100H141N7O32/c1-15-17-19-21-23-25-35-134-83-65-86(135-36-26-24-22-20-18-16-2)79(62-72(83)100(113)104-78-61-68(118-7)27-34-82(78)119-8)105-96(109)70-29-32-76(93(124-13)90(70)121-10)103-99(112)74-64-81(88(139-60-56-133-52-48-129-44-40-117-6)67-85(74)137-58-54-131-50-46-127-42-38-115-4)107-97(110)71-30-33-77(94(125-14)91(71)122-11)102-98(111)73-63-80(106-95(108)69-28-31-75(101)92(123-12)89(69)120-9)87(138-59-55-132-51-47-128-43-39-116-5)66-84(73)136-57-53-130-49-45-126-41-37-114-3/h27-34,61-67H,15-26,35-60,101H2,1-14H3,(H,102,111)(H,103,112)(H,104,113)(H,105,109)(H,106,108)(H,107,110). The zero-order chi connectivity index (χ0) is 100. The molecule has 0 aliphatic rings. The number of hydrogen-bond donors (Lipinski definition) is 7. The number of anilines is 7. The second-order valence-corrected chi connectivity index (χ2v) is 30.5. The summed E-state index contributed by atoms with van der Waals surface area (Å²) in [6.07, 6.45) is 11.8. The second-order valence-electron chi connectivity index (χ2n) is 30.5. The van der Waals surface area contributed by atoms with Gasteiger partial charge in [-0.1, -0.05) is 78.1 Å². The molecule has 0 aliphatic carbocycles. The van der Waals surface area contributed by atoms with Gasteiger partial charge >= 0.3 is 0 Å². The average molecular weight is 1950 g/mol. The third kappa shape index (κ3) is 37.9. The van der Waals surface area contributed by atoms with Gasteiger partial charge in [0.2, 0.25) is 0 Å². The molecule has 0 aromatic heterocycles. The van der Waals surface area contributed by atoms with Crippen LogP contribution in [0.4, 0.5) is 39.8 Å². The molecule has 0 bridgehead atoms. The lowest BCUT2D eigenvalue weighted by Crippen LogP contribution is -2.20. The maximum atomic E-state index is 15.5. The van der Waals surface area contributed by atoms with Crippen LogP contribution in [0.5, 0.6) is 80.5 Å². The first kappa shape index (κ1) is 114. The number of nitrogens with two attached hydrogens (primary N) is 1. The lowest BCUT2D eigenvalue weighted by molar-refractivity contribution is 0.0174. The van der Waals surface area contributed by atoms with Crippen LogP contribution in [0, 0.1) is 0 Å². The predicted molar refractivity (Wildman–Crippen MR) is 523 cm³/mol. The first-order valence-corrected chi connectivity index (χ1v) is 46.4. The molecule has 768 valence electrons. The third-order valence-corrected chi connectivity index (χ3v) is 20.9. The Morgan fingerprint density at radius 2 is 0.475 bits per heavy atom. The van der Waals surface area contributed by atoms with E-state index in [1.807, 2.05) is 0 Å². The minimum Gasteiger partial charge on any atom is -0.497 e. The van der Waals surface area contributed by atoms with Crippen LogP contribution in [0.3, 0.4) is 0 Å². The number of ether oxygens (including phenoxy) is 26. The van der Waals surface area contributed by atoms with E-state index in [0.29, 0.717) is 82.9 Å². The van der Waals surface area contributed by atoms with E-state index in [1.54, 1.807) is 52.7 Å². The summed E-state index contributed by atoms with van der Waals surface area (Å²) in [4.78, 5) is 90.8. The Morgan fingerprint density at radius 3 is 0.784 bits per heavy atom. The van der Waals surface area contributed by atoms with Gasteiger partial charge in [0.15, 0.2) is 34.5 Å². The van der Waals surface area contributed by atoms with E-state index in [0.717, 1.165) is 64.2 Å². The lowest BCUT2D eigenvalue weighted by atomic mass is 10.1. The number of carbonyl (C=O) groups excluding carboxylic acids is 6. The van der Waals surface area contributed by atoms with E-state index in [2.05, 4.69) is 45.7 Å². The van der Waals surface area contributed by atoms with Gasteiger partial charge in [-0.3, -0.25) is 28.8 Å². The Morgan fingerprint density at radius 1 is 0.216 bits per heavy atom. The van der Waals surface area contributed by atoms with E-state index >= 15 is 19.2 Å². The van der Waals surface area contributed by atoms with Crippen molar-refractivity contribution >= 4 is 75.3 Å². The molecule has 7 aromatic carbocycles. The molecule has 0 spiro atoms. The maximum absolute atomic E-state index is 15.5. The molecule has 7 aromatic rings. The highest BCUT2D eigenvalue weighted by molar-refractivity contribution is 6.15. The monoisotopic (exact) mass is 1950 g/mol. The Hall–Kier alpha value is -12.1. The maximum Gasteiger partial charge on any atom is 0.259 e. The van der Waals surface area contributed by atoms with Crippen molar-refractivity contribution in [1.29, 1.82) is 0 Å². The van der Waals surface area contributed by atoms with Crippen LogP contribution in [0.25, 0.3) is 0 Å². The summed E-state index contributed by atoms with van der Waals surface area (Å²) < 4.78 is 151. The van der Waals surface area contributed by atoms with Crippen molar-refractivity contribution in [2.24, 2.45) is 0 Å². The summed E-state index contributed by atoms with van der Waals surface area (Å²) in [6, 6.07) is 22.1. The van der Waals surface area contributed by atoms with E-state index in [4.69, 9.17) is 129 Å². The normalized spacial score (nSPS) is 11.0. The van der Waals surface area contributed by atoms with E-state index in [-0.39, 0.29) is 255 Å². The summed E-state index contributed by atoms with van der Waals surface area (Å²) >= 11 is 0. The molecule has 0 radical (unpaired) electrons. The van der Waals surface area contributed by atoms with Crippen molar-refractivity contribution in [3.8, 4) is 80.5 Å². The van der Waals surface area contributed by atoms with Crippen molar-refractivity contribution < 1.29 is 152 Å². The molecule has 7 rings (SSSR count). The molecule has 0 aliphatic heterocycles. The smallest absolute Gasteiger partial charge is 0.259 e. The number of benzene rings is 7. The van der Waals surface area contributed by atoms with Crippen molar-refractivity contribution in [1.82, 2.24) is 0 Å². The highest BCUT2D eigenvalue weighted by atomic mass is 16.6. The summed E-state index contributed by atoms with van der Waals surface area (Å²) in [7, 11) is 17.2. The molecule has 39 nitrogen and oxygen atoms in total. The Labute approximate surface area is 814 Å². The lowest BCUT2D eigenvalue weighted by Gasteiger charge is -2.21. The van der Waals surface area contributed by atoms with Crippen LogP contribution < -0.4 is 104 Å². The van der Waals surface area contributed by atoms with Gasteiger partial charge in [-0.05, 0) is 79.6 Å². The zero-order valence-electron chi connectivity index (χ0n) is 82.7. The number of methoxy groups -OCH3 is 12. The van der Waals surface area contributed by atoms with Gasteiger partial charge < -0.3 is 161 Å². The topological polar surface area (TPSA) is 441 Å². The van der Waals surface area contributed by atoms with Gasteiger partial charge in [0.05, 0.1) is 275 Å². The zero-order valence-corrected chi connectivity index (χ0v) is 82.7. The Balaban J connectivity index is 1.30. The first-order valence-electron chi connectivity index (χ1n) is 46.4. The fraction of sp³-hybridized carbons (Fsp3) is 0.520. The molecule has 0 saturated heterocycles. The summed E-state index contributed by atoms with van der Waals surface area (Å²) in [6.45, 7) is 9.34. The Kier molecular flexibility index (Phi) is 54.4. The first-order chi connectivity index (χ1) is 67.9. The SMILES string of the molecule is CCCCCCCCOc1cc(OCCCCCCCC)c(C(=O)Nc2cc(OC)ccc2OC)cc1NC(=O)c1ccc(NC(=O)c2cc(NC(=O)c3ccc(NC(=O)c4cc(NC(=O)c5ccc(N)c(OC)c5OC)c(OCCOCCOCCOC)cc4OCCOCCOCCOC)c(OC)c3OC)c(OCCOCCOCCOC)cc2OCCOCCOCCOC)c(OC)c1OC. The second kappa shape index (κ2) is 66.4.